The van der Waals surface area contributed by atoms with E-state index in [2.05, 4.69) is 34.9 Å². The molecule has 1 atom stereocenters. The smallest absolute Gasteiger partial charge is 0.237 e. The predicted molar refractivity (Wildman–Crippen MR) is 80.4 cm³/mol. The average molecular weight is 272 g/mol. The van der Waals surface area contributed by atoms with Crippen LogP contribution in [0.2, 0.25) is 0 Å². The number of carbonyl (C=O) groups excluding carboxylic acids is 1. The normalized spacial score (nSPS) is 23.1. The van der Waals surface area contributed by atoms with Crippen LogP contribution in [0.5, 0.6) is 0 Å². The van der Waals surface area contributed by atoms with Gasteiger partial charge >= 0.3 is 0 Å². The first-order valence-corrected chi connectivity index (χ1v) is 7.91. The molecule has 0 aromatic heterocycles. The van der Waals surface area contributed by atoms with Crippen LogP contribution < -0.4 is 10.6 Å². The van der Waals surface area contributed by atoms with Gasteiger partial charge in [-0.1, -0.05) is 43.5 Å². The molecule has 1 aromatic carbocycles. The third-order valence-corrected chi connectivity index (χ3v) is 4.69. The number of benzene rings is 1. The first-order valence-electron chi connectivity index (χ1n) is 7.91. The van der Waals surface area contributed by atoms with E-state index in [0.717, 1.165) is 19.5 Å². The van der Waals surface area contributed by atoms with Crippen molar-refractivity contribution in [3.63, 3.8) is 0 Å². The molecule has 1 aliphatic carbocycles. The lowest BCUT2D eigenvalue weighted by Crippen LogP contribution is -2.48. The fourth-order valence-corrected chi connectivity index (χ4v) is 3.40. The minimum absolute atomic E-state index is 0.0616. The van der Waals surface area contributed by atoms with Crippen molar-refractivity contribution in [3.05, 3.63) is 35.4 Å². The van der Waals surface area contributed by atoms with Gasteiger partial charge in [0.1, 0.15) is 0 Å². The van der Waals surface area contributed by atoms with E-state index in [1.165, 1.54) is 43.2 Å². The molecule has 1 saturated carbocycles. The molecule has 1 unspecified atom stereocenters. The zero-order valence-electron chi connectivity index (χ0n) is 12.0. The van der Waals surface area contributed by atoms with Gasteiger partial charge in [-0.2, -0.15) is 0 Å². The second-order valence-electron chi connectivity index (χ2n) is 6.16. The van der Waals surface area contributed by atoms with Gasteiger partial charge in [-0.3, -0.25) is 4.79 Å². The highest BCUT2D eigenvalue weighted by Crippen LogP contribution is 2.23. The van der Waals surface area contributed by atoms with Gasteiger partial charge in [-0.25, -0.2) is 0 Å². The Balaban J connectivity index is 1.51. The lowest BCUT2D eigenvalue weighted by molar-refractivity contribution is -0.123. The average Bonchev–Trinajstić information content (AvgIpc) is 2.53. The number of nitrogens with one attached hydrogen (secondary N) is 2. The summed E-state index contributed by atoms with van der Waals surface area (Å²) in [7, 11) is 0. The predicted octanol–water partition coefficient (Wildman–Crippen LogP) is 2.40. The summed E-state index contributed by atoms with van der Waals surface area (Å²) in [6.07, 6.45) is 7.39. The number of hydrogen-bond donors (Lipinski definition) is 2. The summed E-state index contributed by atoms with van der Waals surface area (Å²) >= 11 is 0. The SMILES string of the molecule is O=C(NCC1CCCCC1)C1Cc2ccccc2CN1. The van der Waals surface area contributed by atoms with E-state index in [1.807, 2.05) is 0 Å². The first-order chi connectivity index (χ1) is 9.83. The summed E-state index contributed by atoms with van der Waals surface area (Å²) in [5, 5.41) is 6.50. The van der Waals surface area contributed by atoms with Crippen LogP contribution in [-0.2, 0) is 17.8 Å². The molecule has 3 heteroatoms. The Kier molecular flexibility index (Phi) is 4.36. The van der Waals surface area contributed by atoms with Crippen molar-refractivity contribution < 1.29 is 4.79 Å². The molecule has 1 fully saturated rings. The van der Waals surface area contributed by atoms with Crippen molar-refractivity contribution >= 4 is 5.91 Å². The molecule has 3 rings (SSSR count). The Morgan fingerprint density at radius 1 is 1.15 bits per heavy atom. The molecule has 1 amide bonds. The van der Waals surface area contributed by atoms with Crippen LogP contribution in [0.4, 0.5) is 0 Å². The van der Waals surface area contributed by atoms with Crippen LogP contribution in [0.15, 0.2) is 24.3 Å². The van der Waals surface area contributed by atoms with Gasteiger partial charge in [0.2, 0.25) is 5.91 Å². The Labute approximate surface area is 121 Å². The Morgan fingerprint density at radius 3 is 2.70 bits per heavy atom. The van der Waals surface area contributed by atoms with Gasteiger partial charge in [0.25, 0.3) is 0 Å². The van der Waals surface area contributed by atoms with Gasteiger partial charge < -0.3 is 10.6 Å². The van der Waals surface area contributed by atoms with Crippen LogP contribution in [0.25, 0.3) is 0 Å². The maximum absolute atomic E-state index is 12.3. The topological polar surface area (TPSA) is 41.1 Å². The zero-order valence-corrected chi connectivity index (χ0v) is 12.0. The molecule has 0 bridgehead atoms. The second kappa shape index (κ2) is 6.40. The summed E-state index contributed by atoms with van der Waals surface area (Å²) < 4.78 is 0. The molecule has 1 heterocycles. The van der Waals surface area contributed by atoms with E-state index in [0.29, 0.717) is 5.92 Å². The Morgan fingerprint density at radius 2 is 1.90 bits per heavy atom. The molecule has 20 heavy (non-hydrogen) atoms. The molecule has 0 radical (unpaired) electrons. The van der Waals surface area contributed by atoms with Crippen LogP contribution >= 0.6 is 0 Å². The highest BCUT2D eigenvalue weighted by molar-refractivity contribution is 5.82. The minimum Gasteiger partial charge on any atom is -0.354 e. The van der Waals surface area contributed by atoms with Gasteiger partial charge in [0.05, 0.1) is 6.04 Å². The number of fused-ring (bicyclic) bond motifs is 1. The standard InChI is InChI=1S/C17H24N2O/c20-17(19-11-13-6-2-1-3-7-13)16-10-14-8-4-5-9-15(14)12-18-16/h4-5,8-9,13,16,18H,1-3,6-7,10-12H2,(H,19,20). The van der Waals surface area contributed by atoms with Crippen molar-refractivity contribution in [1.29, 1.82) is 0 Å². The summed E-state index contributed by atoms with van der Waals surface area (Å²) in [5.74, 6) is 0.869. The lowest BCUT2D eigenvalue weighted by Gasteiger charge is -2.27. The van der Waals surface area contributed by atoms with E-state index in [-0.39, 0.29) is 11.9 Å². The largest absolute Gasteiger partial charge is 0.354 e. The van der Waals surface area contributed by atoms with Crippen molar-refractivity contribution in [2.45, 2.75) is 51.1 Å². The van der Waals surface area contributed by atoms with Crippen molar-refractivity contribution in [2.24, 2.45) is 5.92 Å². The van der Waals surface area contributed by atoms with Crippen molar-refractivity contribution in [2.75, 3.05) is 6.54 Å². The Hall–Kier alpha value is -1.35. The fraction of sp³-hybridized carbons (Fsp3) is 0.588. The number of rotatable bonds is 3. The molecule has 0 saturated heterocycles. The molecule has 2 N–H and O–H groups in total. The Bertz CT molecular complexity index is 466. The maximum atomic E-state index is 12.3. The zero-order chi connectivity index (χ0) is 13.8. The van der Waals surface area contributed by atoms with E-state index >= 15 is 0 Å². The summed E-state index contributed by atoms with van der Waals surface area (Å²) in [6.45, 7) is 1.66. The van der Waals surface area contributed by atoms with E-state index < -0.39 is 0 Å². The second-order valence-corrected chi connectivity index (χ2v) is 6.16. The molecule has 3 nitrogen and oxygen atoms in total. The molecule has 1 aliphatic heterocycles. The number of hydrogen-bond acceptors (Lipinski definition) is 2. The van der Waals surface area contributed by atoms with Gasteiger partial charge in [-0.15, -0.1) is 0 Å². The number of amides is 1. The minimum atomic E-state index is -0.0616. The third kappa shape index (κ3) is 3.21. The third-order valence-electron chi connectivity index (χ3n) is 4.69. The molecule has 1 aromatic rings. The van der Waals surface area contributed by atoms with Crippen LogP contribution in [0, 0.1) is 5.92 Å². The van der Waals surface area contributed by atoms with E-state index in [4.69, 9.17) is 0 Å². The highest BCUT2D eigenvalue weighted by atomic mass is 16.2. The summed E-state index contributed by atoms with van der Waals surface area (Å²) in [4.78, 5) is 12.3. The van der Waals surface area contributed by atoms with Crippen LogP contribution in [-0.4, -0.2) is 18.5 Å². The molecular weight excluding hydrogens is 248 g/mol. The maximum Gasteiger partial charge on any atom is 0.237 e. The van der Waals surface area contributed by atoms with Gasteiger partial charge in [0.15, 0.2) is 0 Å². The monoisotopic (exact) mass is 272 g/mol. The van der Waals surface area contributed by atoms with Gasteiger partial charge in [0, 0.05) is 13.1 Å². The first kappa shape index (κ1) is 13.6. The molecule has 0 spiro atoms. The molecule has 2 aliphatic rings. The van der Waals surface area contributed by atoms with E-state index in [1.54, 1.807) is 0 Å². The van der Waals surface area contributed by atoms with Crippen molar-refractivity contribution in [1.82, 2.24) is 10.6 Å². The molecule has 108 valence electrons. The summed E-state index contributed by atoms with van der Waals surface area (Å²) in [6, 6.07) is 8.33. The van der Waals surface area contributed by atoms with Crippen LogP contribution in [0.3, 0.4) is 0 Å². The fourth-order valence-electron chi connectivity index (χ4n) is 3.40. The quantitative estimate of drug-likeness (QED) is 0.887. The lowest BCUT2D eigenvalue weighted by atomic mass is 9.89. The van der Waals surface area contributed by atoms with Gasteiger partial charge in [-0.05, 0) is 36.3 Å². The van der Waals surface area contributed by atoms with Crippen molar-refractivity contribution in [3.8, 4) is 0 Å². The summed E-state index contributed by atoms with van der Waals surface area (Å²) in [5.41, 5.74) is 2.63. The van der Waals surface area contributed by atoms with E-state index in [9.17, 15) is 4.79 Å². The van der Waals surface area contributed by atoms with Crippen LogP contribution in [0.1, 0.15) is 43.2 Å². The highest BCUT2D eigenvalue weighted by Gasteiger charge is 2.24. The number of carbonyl (C=O) groups is 1. The molecular formula is C17H24N2O.